The van der Waals surface area contributed by atoms with Crippen LogP contribution in [0.3, 0.4) is 0 Å². The van der Waals surface area contributed by atoms with E-state index in [1.54, 1.807) is 18.2 Å². The minimum atomic E-state index is -4.22. The first-order valence-corrected chi connectivity index (χ1v) is 14.9. The van der Waals surface area contributed by atoms with Gasteiger partial charge in [-0.25, -0.2) is 9.36 Å². The molecule has 8 nitrogen and oxygen atoms in total. The predicted octanol–water partition coefficient (Wildman–Crippen LogP) is 7.17. The van der Waals surface area contributed by atoms with E-state index in [1.807, 2.05) is 38.1 Å². The number of phosphoric acid groups is 1. The van der Waals surface area contributed by atoms with Crippen LogP contribution in [0.4, 0.5) is 4.79 Å². The number of hydrogen-bond donors (Lipinski definition) is 3. The summed E-state index contributed by atoms with van der Waals surface area (Å²) in [7, 11) is -4.22. The molecule has 0 aliphatic heterocycles. The third-order valence-electron chi connectivity index (χ3n) is 6.72. The lowest BCUT2D eigenvalue weighted by Crippen LogP contribution is -2.29. The molecule has 0 saturated carbocycles. The number of aryl methyl sites for hydroxylation is 1. The lowest BCUT2D eigenvalue weighted by atomic mass is 9.73. The Bertz CT molecular complexity index is 1210. The van der Waals surface area contributed by atoms with Crippen LogP contribution < -0.4 is 10.1 Å². The fourth-order valence-corrected chi connectivity index (χ4v) is 5.52. The molecule has 3 N–H and O–H groups in total. The molecule has 1 aliphatic rings. The summed E-state index contributed by atoms with van der Waals surface area (Å²) in [6.07, 6.45) is 5.20. The fraction of sp³-hybridized carbons (Fsp3) is 0.433. The van der Waals surface area contributed by atoms with Crippen LogP contribution >= 0.6 is 7.82 Å². The SMILES string of the molecule is C=C(C)[C@@H]1CCC(C)=C[C@H]1c1c(O)cc(CCC)cc1OC(=O)NCCCOP(=O)(O)OCc1ccccc1. The van der Waals surface area contributed by atoms with Gasteiger partial charge in [0, 0.05) is 18.0 Å². The number of hydrogen-bond acceptors (Lipinski definition) is 6. The van der Waals surface area contributed by atoms with Gasteiger partial charge in [0.05, 0.1) is 13.2 Å². The van der Waals surface area contributed by atoms with Crippen LogP contribution in [0.15, 0.2) is 66.3 Å². The van der Waals surface area contributed by atoms with Crippen molar-refractivity contribution in [3.05, 3.63) is 83.0 Å². The van der Waals surface area contributed by atoms with E-state index in [9.17, 15) is 19.4 Å². The molecule has 0 spiro atoms. The summed E-state index contributed by atoms with van der Waals surface area (Å²) in [6.45, 7) is 10.3. The van der Waals surface area contributed by atoms with Gasteiger partial charge in [0.1, 0.15) is 11.5 Å². The van der Waals surface area contributed by atoms with Crippen molar-refractivity contribution in [1.29, 1.82) is 0 Å². The minimum Gasteiger partial charge on any atom is -0.507 e. The number of rotatable bonds is 13. The zero-order valence-corrected chi connectivity index (χ0v) is 23.9. The second-order valence-corrected chi connectivity index (χ2v) is 11.5. The van der Waals surface area contributed by atoms with E-state index < -0.39 is 13.9 Å². The molecule has 212 valence electrons. The summed E-state index contributed by atoms with van der Waals surface area (Å²) in [4.78, 5) is 22.6. The molecule has 0 aromatic heterocycles. The van der Waals surface area contributed by atoms with Crippen molar-refractivity contribution in [2.45, 2.75) is 65.4 Å². The molecule has 9 heteroatoms. The van der Waals surface area contributed by atoms with Gasteiger partial charge in [-0.05, 0) is 68.7 Å². The summed E-state index contributed by atoms with van der Waals surface area (Å²) in [5, 5.41) is 13.7. The molecule has 39 heavy (non-hydrogen) atoms. The molecular formula is C30H40NO7P. The van der Waals surface area contributed by atoms with Crippen LogP contribution in [0.2, 0.25) is 0 Å². The Hall–Kier alpha value is -2.90. The van der Waals surface area contributed by atoms with Gasteiger partial charge in [-0.3, -0.25) is 9.05 Å². The lowest BCUT2D eigenvalue weighted by Gasteiger charge is -2.32. The Labute approximate surface area is 231 Å². The number of phenols is 1. The van der Waals surface area contributed by atoms with Gasteiger partial charge >= 0.3 is 13.9 Å². The number of nitrogens with one attached hydrogen (secondary N) is 1. The van der Waals surface area contributed by atoms with E-state index in [4.69, 9.17) is 13.8 Å². The summed E-state index contributed by atoms with van der Waals surface area (Å²) in [6, 6.07) is 12.6. The van der Waals surface area contributed by atoms with Crippen LogP contribution in [-0.2, 0) is 26.6 Å². The van der Waals surface area contributed by atoms with Crippen LogP contribution in [0.5, 0.6) is 11.5 Å². The highest BCUT2D eigenvalue weighted by Crippen LogP contribution is 2.47. The van der Waals surface area contributed by atoms with Gasteiger partial charge in [-0.15, -0.1) is 0 Å². The number of carbonyl (C=O) groups is 1. The van der Waals surface area contributed by atoms with Gasteiger partial charge in [-0.1, -0.05) is 67.5 Å². The van der Waals surface area contributed by atoms with E-state index >= 15 is 0 Å². The first-order valence-electron chi connectivity index (χ1n) is 13.4. The normalized spacial score (nSPS) is 18.6. The molecule has 3 atom stereocenters. The van der Waals surface area contributed by atoms with Gasteiger partial charge in [0.15, 0.2) is 0 Å². The second-order valence-electron chi connectivity index (χ2n) is 10.0. The van der Waals surface area contributed by atoms with Gasteiger partial charge < -0.3 is 20.1 Å². The molecular weight excluding hydrogens is 517 g/mol. The van der Waals surface area contributed by atoms with Crippen molar-refractivity contribution in [1.82, 2.24) is 5.32 Å². The molecule has 0 radical (unpaired) electrons. The zero-order chi connectivity index (χ0) is 28.4. The number of phenolic OH excluding ortho intramolecular Hbond substituents is 1. The Balaban J connectivity index is 1.60. The average Bonchev–Trinajstić information content (AvgIpc) is 2.88. The number of carbonyl (C=O) groups excluding carboxylic acids is 1. The predicted molar refractivity (Wildman–Crippen MR) is 152 cm³/mol. The molecule has 0 saturated heterocycles. The Morgan fingerprint density at radius 3 is 2.62 bits per heavy atom. The highest BCUT2D eigenvalue weighted by atomic mass is 31.2. The summed E-state index contributed by atoms with van der Waals surface area (Å²) < 4.78 is 27.8. The van der Waals surface area contributed by atoms with E-state index in [-0.39, 0.29) is 43.8 Å². The van der Waals surface area contributed by atoms with Gasteiger partial charge in [0.2, 0.25) is 0 Å². The standard InChI is InChI=1S/C30H40NO7P/c1-5-10-24-18-27(32)29(26-17-22(4)13-14-25(26)21(2)3)28(19-24)38-30(33)31-15-9-16-36-39(34,35)37-20-23-11-7-6-8-12-23/h6-8,11-12,17-19,25-26,32H,2,5,9-10,13-16,20H2,1,3-4H3,(H,31,33)(H,34,35)/t25-,26+/m0/s1. The first kappa shape index (κ1) is 30.6. The minimum absolute atomic E-state index is 0.0482. The maximum atomic E-state index is 12.7. The fourth-order valence-electron chi connectivity index (χ4n) is 4.77. The van der Waals surface area contributed by atoms with Crippen LogP contribution in [0, 0.1) is 5.92 Å². The third-order valence-corrected chi connectivity index (χ3v) is 7.68. The quantitative estimate of drug-likeness (QED) is 0.136. The summed E-state index contributed by atoms with van der Waals surface area (Å²) >= 11 is 0. The molecule has 1 aliphatic carbocycles. The number of phosphoric ester groups is 1. The lowest BCUT2D eigenvalue weighted by molar-refractivity contribution is 0.142. The highest BCUT2D eigenvalue weighted by Gasteiger charge is 2.31. The molecule has 0 bridgehead atoms. The zero-order valence-electron chi connectivity index (χ0n) is 23.0. The molecule has 0 fully saturated rings. The van der Waals surface area contributed by atoms with Gasteiger partial charge in [0.25, 0.3) is 0 Å². The maximum absolute atomic E-state index is 12.7. The highest BCUT2D eigenvalue weighted by molar-refractivity contribution is 7.47. The van der Waals surface area contributed by atoms with E-state index in [1.165, 1.54) is 5.57 Å². The number of ether oxygens (including phenoxy) is 1. The summed E-state index contributed by atoms with van der Waals surface area (Å²) in [5.41, 5.74) is 4.45. The molecule has 3 rings (SSSR count). The van der Waals surface area contributed by atoms with Crippen molar-refractivity contribution in [2.75, 3.05) is 13.2 Å². The number of benzene rings is 2. The Morgan fingerprint density at radius 1 is 1.18 bits per heavy atom. The molecule has 2 aromatic carbocycles. The number of aromatic hydroxyl groups is 1. The van der Waals surface area contributed by atoms with E-state index in [2.05, 4.69) is 24.9 Å². The van der Waals surface area contributed by atoms with Crippen LogP contribution in [0.1, 0.15) is 69.1 Å². The third kappa shape index (κ3) is 9.36. The van der Waals surface area contributed by atoms with Crippen molar-refractivity contribution in [2.24, 2.45) is 5.92 Å². The molecule has 0 heterocycles. The van der Waals surface area contributed by atoms with Crippen LogP contribution in [-0.4, -0.2) is 29.2 Å². The summed E-state index contributed by atoms with van der Waals surface area (Å²) in [5.74, 6) is 0.396. The van der Waals surface area contributed by atoms with Crippen molar-refractivity contribution >= 4 is 13.9 Å². The largest absolute Gasteiger partial charge is 0.507 e. The molecule has 1 unspecified atom stereocenters. The van der Waals surface area contributed by atoms with Crippen molar-refractivity contribution in [3.8, 4) is 11.5 Å². The smallest absolute Gasteiger partial charge is 0.472 e. The Morgan fingerprint density at radius 2 is 1.92 bits per heavy atom. The molecule has 2 aromatic rings. The monoisotopic (exact) mass is 557 g/mol. The van der Waals surface area contributed by atoms with E-state index in [0.29, 0.717) is 11.3 Å². The average molecular weight is 558 g/mol. The maximum Gasteiger partial charge on any atom is 0.472 e. The topological polar surface area (TPSA) is 114 Å². The number of allylic oxidation sites excluding steroid dienone is 3. The number of amides is 1. The Kier molecular flexibility index (Phi) is 11.4. The van der Waals surface area contributed by atoms with Crippen molar-refractivity contribution < 1.29 is 33.1 Å². The van der Waals surface area contributed by atoms with Gasteiger partial charge in [-0.2, -0.15) is 0 Å². The van der Waals surface area contributed by atoms with Crippen molar-refractivity contribution in [3.63, 3.8) is 0 Å². The molecule has 1 amide bonds. The first-order chi connectivity index (χ1) is 18.6. The van der Waals surface area contributed by atoms with E-state index in [0.717, 1.165) is 42.4 Å². The second kappa shape index (κ2) is 14.5. The van der Waals surface area contributed by atoms with Crippen LogP contribution in [0.25, 0.3) is 0 Å².